The molecule has 160 valence electrons. The lowest BCUT2D eigenvalue weighted by Gasteiger charge is -2.08. The molecule has 7 heteroatoms. The maximum Gasteiger partial charge on any atom is 0.291 e. The normalized spacial score (nSPS) is 10.9. The molecule has 6 nitrogen and oxygen atoms in total. The van der Waals surface area contributed by atoms with Gasteiger partial charge >= 0.3 is 0 Å². The van der Waals surface area contributed by atoms with E-state index in [1.54, 1.807) is 23.2 Å². The molecule has 0 aliphatic heterocycles. The Bertz CT molecular complexity index is 1200. The van der Waals surface area contributed by atoms with Gasteiger partial charge in [0.25, 0.3) is 5.91 Å². The minimum atomic E-state index is -0.376. The molecule has 32 heavy (non-hydrogen) atoms. The van der Waals surface area contributed by atoms with Crippen LogP contribution in [0.25, 0.3) is 0 Å². The molecule has 0 fully saturated rings. The number of rotatable bonds is 8. The maximum absolute atomic E-state index is 12.4. The van der Waals surface area contributed by atoms with Gasteiger partial charge in [-0.3, -0.25) is 9.48 Å². The molecule has 4 aromatic rings. The van der Waals surface area contributed by atoms with E-state index in [9.17, 15) is 4.79 Å². The highest BCUT2D eigenvalue weighted by Crippen LogP contribution is 2.17. The summed E-state index contributed by atoms with van der Waals surface area (Å²) in [6, 6.07) is 27.1. The van der Waals surface area contributed by atoms with Crippen molar-refractivity contribution in [3.63, 3.8) is 0 Å². The Morgan fingerprint density at radius 1 is 0.969 bits per heavy atom. The number of halogens is 1. The fraction of sp³-hybridized carbons (Fsp3) is 0.0800. The number of amides is 1. The third-order valence-electron chi connectivity index (χ3n) is 4.66. The van der Waals surface area contributed by atoms with Crippen LogP contribution in [0.15, 0.2) is 101 Å². The van der Waals surface area contributed by atoms with Gasteiger partial charge in [0.05, 0.1) is 12.8 Å². The molecule has 0 saturated carbocycles. The quantitative estimate of drug-likeness (QED) is 0.279. The monoisotopic (exact) mass is 488 g/mol. The largest absolute Gasteiger partial charge is 0.488 e. The number of carbonyl (C=O) groups excluding carboxylic acids is 1. The summed E-state index contributed by atoms with van der Waals surface area (Å²) >= 11 is 3.42. The first-order valence-corrected chi connectivity index (χ1v) is 10.8. The molecule has 0 radical (unpaired) electrons. The Balaban J connectivity index is 1.34. The van der Waals surface area contributed by atoms with Crippen LogP contribution >= 0.6 is 15.9 Å². The van der Waals surface area contributed by atoms with E-state index in [1.165, 1.54) is 0 Å². The molecule has 3 aromatic carbocycles. The van der Waals surface area contributed by atoms with Crippen molar-refractivity contribution < 1.29 is 9.53 Å². The molecule has 1 heterocycles. The van der Waals surface area contributed by atoms with E-state index < -0.39 is 0 Å². The number of hydrogen-bond donors (Lipinski definition) is 1. The number of ether oxygens (including phenoxy) is 1. The standard InChI is InChI=1S/C25H21BrN4O2/c26-22-12-10-19(11-13-22)17-30-15-14-23(29-30)25(31)28-27-16-21-8-4-5-9-24(21)32-18-20-6-2-1-3-7-20/h1-16H,17-18H2,(H,28,31)/b27-16-. The molecule has 0 aliphatic rings. The summed E-state index contributed by atoms with van der Waals surface area (Å²) in [6.45, 7) is 1.03. The predicted molar refractivity (Wildman–Crippen MR) is 128 cm³/mol. The summed E-state index contributed by atoms with van der Waals surface area (Å²) in [4.78, 5) is 12.4. The number of nitrogens with zero attached hydrogens (tertiary/aromatic N) is 3. The molecule has 0 unspecified atom stereocenters. The lowest BCUT2D eigenvalue weighted by atomic mass is 10.2. The van der Waals surface area contributed by atoms with E-state index in [4.69, 9.17) is 4.74 Å². The number of hydrogen-bond acceptors (Lipinski definition) is 4. The predicted octanol–water partition coefficient (Wildman–Crippen LogP) is 5.04. The van der Waals surface area contributed by atoms with E-state index in [1.807, 2.05) is 78.9 Å². The van der Waals surface area contributed by atoms with Gasteiger partial charge in [-0.2, -0.15) is 10.2 Å². The highest BCUT2D eigenvalue weighted by Gasteiger charge is 2.09. The third kappa shape index (κ3) is 5.92. The molecule has 0 atom stereocenters. The third-order valence-corrected chi connectivity index (χ3v) is 5.19. The topological polar surface area (TPSA) is 68.5 Å². The number of carbonyl (C=O) groups is 1. The van der Waals surface area contributed by atoms with Crippen molar-refractivity contribution in [2.24, 2.45) is 5.10 Å². The zero-order valence-corrected chi connectivity index (χ0v) is 18.8. The average molecular weight is 489 g/mol. The minimum Gasteiger partial charge on any atom is -0.488 e. The second-order valence-electron chi connectivity index (χ2n) is 7.04. The highest BCUT2D eigenvalue weighted by molar-refractivity contribution is 9.10. The SMILES string of the molecule is O=C(N/N=C\c1ccccc1OCc1ccccc1)c1ccn(Cc2ccc(Br)cc2)n1. The summed E-state index contributed by atoms with van der Waals surface area (Å²) < 4.78 is 8.65. The molecule has 0 bridgehead atoms. The fourth-order valence-corrected chi connectivity index (χ4v) is 3.28. The Kier molecular flexibility index (Phi) is 7.09. The number of para-hydroxylation sites is 1. The smallest absolute Gasteiger partial charge is 0.291 e. The lowest BCUT2D eigenvalue weighted by molar-refractivity contribution is 0.0949. The summed E-state index contributed by atoms with van der Waals surface area (Å²) in [6.07, 6.45) is 3.34. The van der Waals surface area contributed by atoms with E-state index in [2.05, 4.69) is 31.6 Å². The first kappa shape index (κ1) is 21.5. The Morgan fingerprint density at radius 3 is 2.53 bits per heavy atom. The van der Waals surface area contributed by atoms with E-state index in [0.29, 0.717) is 24.6 Å². The molecule has 0 spiro atoms. The van der Waals surface area contributed by atoms with Crippen LogP contribution in [0.3, 0.4) is 0 Å². The van der Waals surface area contributed by atoms with Crippen LogP contribution in [0.1, 0.15) is 27.2 Å². The highest BCUT2D eigenvalue weighted by atomic mass is 79.9. The van der Waals surface area contributed by atoms with Crippen molar-refractivity contribution in [3.8, 4) is 5.75 Å². The zero-order chi connectivity index (χ0) is 22.2. The van der Waals surface area contributed by atoms with E-state index >= 15 is 0 Å². The van der Waals surface area contributed by atoms with Crippen LogP contribution < -0.4 is 10.2 Å². The summed E-state index contributed by atoms with van der Waals surface area (Å²) in [5, 5.41) is 8.41. The Labute approximate surface area is 194 Å². The van der Waals surface area contributed by atoms with Gasteiger partial charge in [0.15, 0.2) is 5.69 Å². The summed E-state index contributed by atoms with van der Waals surface area (Å²) in [5.74, 6) is 0.312. The molecule has 4 rings (SSSR count). The van der Waals surface area contributed by atoms with Crippen molar-refractivity contribution in [2.45, 2.75) is 13.2 Å². The molecular formula is C25H21BrN4O2. The van der Waals surface area contributed by atoms with Gasteiger partial charge in [0.2, 0.25) is 0 Å². The fourth-order valence-electron chi connectivity index (χ4n) is 3.02. The van der Waals surface area contributed by atoms with Gasteiger partial charge in [-0.15, -0.1) is 0 Å². The number of aromatic nitrogens is 2. The Hall–Kier alpha value is -3.71. The average Bonchev–Trinajstić information content (AvgIpc) is 3.29. The van der Waals surface area contributed by atoms with Crippen LogP contribution in [0.2, 0.25) is 0 Å². The molecule has 0 saturated heterocycles. The second kappa shape index (κ2) is 10.5. The van der Waals surface area contributed by atoms with Crippen LogP contribution in [0, 0.1) is 0 Å². The Morgan fingerprint density at radius 2 is 1.72 bits per heavy atom. The van der Waals surface area contributed by atoms with Gasteiger partial charge < -0.3 is 4.74 Å². The van der Waals surface area contributed by atoms with Gasteiger partial charge in [0, 0.05) is 16.2 Å². The van der Waals surface area contributed by atoms with Crippen molar-refractivity contribution in [3.05, 3.63) is 118 Å². The van der Waals surface area contributed by atoms with Gasteiger partial charge in [0.1, 0.15) is 12.4 Å². The van der Waals surface area contributed by atoms with Gasteiger partial charge in [-0.25, -0.2) is 5.43 Å². The lowest BCUT2D eigenvalue weighted by Crippen LogP contribution is -2.18. The first-order chi connectivity index (χ1) is 15.7. The van der Waals surface area contributed by atoms with Crippen molar-refractivity contribution in [2.75, 3.05) is 0 Å². The van der Waals surface area contributed by atoms with Gasteiger partial charge in [-0.05, 0) is 41.5 Å². The number of benzene rings is 3. The van der Waals surface area contributed by atoms with Crippen LogP contribution in [-0.4, -0.2) is 21.9 Å². The second-order valence-corrected chi connectivity index (χ2v) is 7.95. The van der Waals surface area contributed by atoms with E-state index in [0.717, 1.165) is 21.2 Å². The molecule has 1 amide bonds. The summed E-state index contributed by atoms with van der Waals surface area (Å²) in [7, 11) is 0. The van der Waals surface area contributed by atoms with Crippen LogP contribution in [0.5, 0.6) is 5.75 Å². The van der Waals surface area contributed by atoms with Crippen molar-refractivity contribution >= 4 is 28.1 Å². The van der Waals surface area contributed by atoms with Crippen LogP contribution in [-0.2, 0) is 13.2 Å². The minimum absolute atomic E-state index is 0.299. The van der Waals surface area contributed by atoms with Crippen molar-refractivity contribution in [1.82, 2.24) is 15.2 Å². The van der Waals surface area contributed by atoms with Crippen LogP contribution in [0.4, 0.5) is 0 Å². The summed E-state index contributed by atoms with van der Waals surface area (Å²) in [5.41, 5.74) is 5.76. The molecular weight excluding hydrogens is 468 g/mol. The maximum atomic E-state index is 12.4. The molecule has 0 aliphatic carbocycles. The number of hydrazone groups is 1. The number of nitrogens with one attached hydrogen (secondary N) is 1. The van der Waals surface area contributed by atoms with Gasteiger partial charge in [-0.1, -0.05) is 70.5 Å². The van der Waals surface area contributed by atoms with Crippen molar-refractivity contribution in [1.29, 1.82) is 0 Å². The first-order valence-electron chi connectivity index (χ1n) is 10.0. The zero-order valence-electron chi connectivity index (χ0n) is 17.2. The molecule has 1 aromatic heterocycles. The molecule has 1 N–H and O–H groups in total. The van der Waals surface area contributed by atoms with E-state index in [-0.39, 0.29) is 5.91 Å².